The molecule has 0 amide bonds. The predicted octanol–water partition coefficient (Wildman–Crippen LogP) is 4.17. The molecule has 0 aliphatic carbocycles. The maximum Gasteiger partial charge on any atom is 0.266 e. The van der Waals surface area contributed by atoms with E-state index in [0.29, 0.717) is 29.3 Å². The number of ether oxygens (including phenoxy) is 2. The molecule has 31 heavy (non-hydrogen) atoms. The largest absolute Gasteiger partial charge is 0.504 e. The second kappa shape index (κ2) is 10.8. The van der Waals surface area contributed by atoms with Crippen molar-refractivity contribution in [3.63, 3.8) is 0 Å². The molecule has 0 radical (unpaired) electrons. The number of hydrogen-bond acceptors (Lipinski definition) is 7. The lowest BCUT2D eigenvalue weighted by atomic mass is 10.1. The Balaban J connectivity index is 1.74. The molecular weight excluding hydrogens is 396 g/mol. The van der Waals surface area contributed by atoms with E-state index in [1.807, 2.05) is 24.3 Å². The molecule has 1 aromatic heterocycles. The van der Waals surface area contributed by atoms with Crippen molar-refractivity contribution in [2.24, 2.45) is 5.10 Å². The summed E-state index contributed by atoms with van der Waals surface area (Å²) in [6.45, 7) is 2.84. The van der Waals surface area contributed by atoms with Gasteiger partial charge in [-0.3, -0.25) is 10.2 Å². The third kappa shape index (κ3) is 6.08. The van der Waals surface area contributed by atoms with E-state index in [0.717, 1.165) is 30.6 Å². The zero-order chi connectivity index (χ0) is 22.1. The number of rotatable bonds is 10. The second-order valence-electron chi connectivity index (χ2n) is 6.88. The molecule has 0 atom stereocenters. The Morgan fingerprint density at radius 1 is 1.16 bits per heavy atom. The van der Waals surface area contributed by atoms with Gasteiger partial charge >= 0.3 is 0 Å². The lowest BCUT2D eigenvalue weighted by molar-refractivity contribution is 0.306. The molecule has 0 spiro atoms. The third-order valence-electron chi connectivity index (χ3n) is 4.56. The summed E-state index contributed by atoms with van der Waals surface area (Å²) in [4.78, 5) is 11.8. The third-order valence-corrected chi connectivity index (χ3v) is 4.56. The van der Waals surface area contributed by atoms with Crippen LogP contribution in [-0.2, 0) is 0 Å². The van der Waals surface area contributed by atoms with Crippen molar-refractivity contribution in [2.75, 3.05) is 19.1 Å². The van der Waals surface area contributed by atoms with E-state index in [9.17, 15) is 9.90 Å². The minimum Gasteiger partial charge on any atom is -0.504 e. The van der Waals surface area contributed by atoms with Crippen molar-refractivity contribution in [1.82, 2.24) is 10.2 Å². The highest BCUT2D eigenvalue weighted by Gasteiger charge is 2.09. The minimum atomic E-state index is -0.344. The smallest absolute Gasteiger partial charge is 0.266 e. The van der Waals surface area contributed by atoms with Gasteiger partial charge in [0.25, 0.3) is 5.56 Å². The monoisotopic (exact) mass is 422 g/mol. The maximum atomic E-state index is 11.8. The SMILES string of the molecule is CCCCCOc1ccc(-c2n[nH]c(=O)cc2N/N=C\c2ccc(O)c(OC)c2)cc1. The number of aromatic hydroxyl groups is 1. The molecule has 2 aromatic carbocycles. The fourth-order valence-corrected chi connectivity index (χ4v) is 2.91. The number of methoxy groups -OCH3 is 1. The normalized spacial score (nSPS) is 10.9. The van der Waals surface area contributed by atoms with Crippen LogP contribution in [0.5, 0.6) is 17.2 Å². The molecule has 3 aromatic rings. The van der Waals surface area contributed by atoms with Gasteiger partial charge in [-0.1, -0.05) is 19.8 Å². The maximum absolute atomic E-state index is 11.8. The van der Waals surface area contributed by atoms with Gasteiger partial charge in [0.15, 0.2) is 11.5 Å². The van der Waals surface area contributed by atoms with Gasteiger partial charge in [0, 0.05) is 11.6 Å². The van der Waals surface area contributed by atoms with E-state index >= 15 is 0 Å². The number of hydrazone groups is 1. The first-order valence-electron chi connectivity index (χ1n) is 10.1. The van der Waals surface area contributed by atoms with Crippen molar-refractivity contribution in [3.05, 3.63) is 64.4 Å². The van der Waals surface area contributed by atoms with Crippen molar-refractivity contribution in [3.8, 4) is 28.5 Å². The van der Waals surface area contributed by atoms with E-state index in [-0.39, 0.29) is 11.3 Å². The molecule has 3 N–H and O–H groups in total. The number of benzene rings is 2. The van der Waals surface area contributed by atoms with E-state index in [2.05, 4.69) is 27.6 Å². The molecule has 0 saturated carbocycles. The Labute approximate surface area is 180 Å². The number of H-pyrrole nitrogens is 1. The molecule has 0 bridgehead atoms. The van der Waals surface area contributed by atoms with E-state index in [1.54, 1.807) is 18.3 Å². The van der Waals surface area contributed by atoms with Crippen molar-refractivity contribution < 1.29 is 14.6 Å². The number of aromatic nitrogens is 2. The Hall–Kier alpha value is -3.81. The van der Waals surface area contributed by atoms with Crippen LogP contribution < -0.4 is 20.5 Å². The van der Waals surface area contributed by atoms with Gasteiger partial charge in [-0.15, -0.1) is 0 Å². The van der Waals surface area contributed by atoms with Crippen molar-refractivity contribution >= 4 is 11.9 Å². The Morgan fingerprint density at radius 3 is 2.71 bits per heavy atom. The van der Waals surface area contributed by atoms with E-state index < -0.39 is 0 Å². The number of aromatic amines is 1. The molecule has 1 heterocycles. The molecule has 162 valence electrons. The van der Waals surface area contributed by atoms with Crippen LogP contribution >= 0.6 is 0 Å². The summed E-state index contributed by atoms with van der Waals surface area (Å²) in [6.07, 6.45) is 4.88. The first-order valence-corrected chi connectivity index (χ1v) is 10.1. The van der Waals surface area contributed by atoms with Gasteiger partial charge in [-0.2, -0.15) is 10.2 Å². The van der Waals surface area contributed by atoms with Gasteiger partial charge in [-0.05, 0) is 54.4 Å². The first-order chi connectivity index (χ1) is 15.1. The number of unbranched alkanes of at least 4 members (excludes halogenated alkanes) is 2. The van der Waals surface area contributed by atoms with Gasteiger partial charge in [0.05, 0.1) is 25.6 Å². The van der Waals surface area contributed by atoms with Gasteiger partial charge in [-0.25, -0.2) is 5.10 Å². The van der Waals surface area contributed by atoms with Crippen LogP contribution in [0.4, 0.5) is 5.69 Å². The second-order valence-corrected chi connectivity index (χ2v) is 6.88. The summed E-state index contributed by atoms with van der Waals surface area (Å²) < 4.78 is 10.8. The van der Waals surface area contributed by atoms with Crippen LogP contribution in [0, 0.1) is 0 Å². The van der Waals surface area contributed by atoms with Gasteiger partial charge < -0.3 is 14.6 Å². The highest BCUT2D eigenvalue weighted by Crippen LogP contribution is 2.27. The first kappa shape index (κ1) is 21.9. The highest BCUT2D eigenvalue weighted by molar-refractivity contribution is 5.82. The fraction of sp³-hybridized carbons (Fsp3) is 0.261. The predicted molar refractivity (Wildman–Crippen MR) is 121 cm³/mol. The quantitative estimate of drug-likeness (QED) is 0.257. The molecular formula is C23H26N4O4. The van der Waals surface area contributed by atoms with Gasteiger partial charge in [0.1, 0.15) is 11.4 Å². The Bertz CT molecular complexity index is 1080. The Kier molecular flexibility index (Phi) is 7.64. The summed E-state index contributed by atoms with van der Waals surface area (Å²) in [5.41, 5.74) is 5.06. The van der Waals surface area contributed by atoms with Crippen LogP contribution in [0.1, 0.15) is 31.7 Å². The van der Waals surface area contributed by atoms with Crippen LogP contribution in [0.15, 0.2) is 58.4 Å². The number of phenols is 1. The summed E-state index contributed by atoms with van der Waals surface area (Å²) in [5.74, 6) is 1.18. The average Bonchev–Trinajstić information content (AvgIpc) is 2.78. The zero-order valence-electron chi connectivity index (χ0n) is 17.6. The number of hydrogen-bond donors (Lipinski definition) is 3. The molecule has 0 aliphatic rings. The van der Waals surface area contributed by atoms with Crippen molar-refractivity contribution in [2.45, 2.75) is 26.2 Å². The van der Waals surface area contributed by atoms with Crippen LogP contribution in [0.2, 0.25) is 0 Å². The molecule has 0 unspecified atom stereocenters. The zero-order valence-corrected chi connectivity index (χ0v) is 17.6. The van der Waals surface area contributed by atoms with Crippen LogP contribution in [-0.4, -0.2) is 35.2 Å². The lowest BCUT2D eigenvalue weighted by Crippen LogP contribution is -2.10. The topological polar surface area (TPSA) is 109 Å². The average molecular weight is 422 g/mol. The Morgan fingerprint density at radius 2 is 1.97 bits per heavy atom. The molecule has 3 rings (SSSR count). The van der Waals surface area contributed by atoms with E-state index in [1.165, 1.54) is 19.2 Å². The number of phenolic OH excluding ortho intramolecular Hbond substituents is 1. The standard InChI is InChI=1S/C23H26N4O4/c1-3-4-5-12-31-18-9-7-17(8-10-18)23-19(14-22(29)26-27-23)25-24-15-16-6-11-20(28)21(13-16)30-2/h6-11,13-15,28H,3-5,12H2,1-2H3,(H2,25,26,29)/b24-15-. The van der Waals surface area contributed by atoms with Crippen LogP contribution in [0.3, 0.4) is 0 Å². The molecule has 0 saturated heterocycles. The molecule has 8 heteroatoms. The number of nitrogens with zero attached hydrogens (tertiary/aromatic N) is 2. The lowest BCUT2D eigenvalue weighted by Gasteiger charge is -2.09. The van der Waals surface area contributed by atoms with Crippen molar-refractivity contribution in [1.29, 1.82) is 0 Å². The van der Waals surface area contributed by atoms with Crippen LogP contribution in [0.25, 0.3) is 11.3 Å². The number of anilines is 1. The summed E-state index contributed by atoms with van der Waals surface area (Å²) in [5, 5.41) is 20.5. The van der Waals surface area contributed by atoms with E-state index in [4.69, 9.17) is 9.47 Å². The molecule has 0 fully saturated rings. The molecule has 8 nitrogen and oxygen atoms in total. The summed E-state index contributed by atoms with van der Waals surface area (Å²) in [7, 11) is 1.48. The summed E-state index contributed by atoms with van der Waals surface area (Å²) >= 11 is 0. The highest BCUT2D eigenvalue weighted by atomic mass is 16.5. The van der Waals surface area contributed by atoms with Gasteiger partial charge in [0.2, 0.25) is 0 Å². The summed E-state index contributed by atoms with van der Waals surface area (Å²) in [6, 6.07) is 13.8. The molecule has 0 aliphatic heterocycles. The minimum absolute atomic E-state index is 0.0477. The fourth-order valence-electron chi connectivity index (χ4n) is 2.91. The number of nitrogens with one attached hydrogen (secondary N) is 2.